The Kier molecular flexibility index (Phi) is 4.60. The van der Waals surface area contributed by atoms with Crippen molar-refractivity contribution in [2.75, 3.05) is 17.2 Å². The molecular formula is C17H15ClN4O3. The van der Waals surface area contributed by atoms with E-state index in [4.69, 9.17) is 27.9 Å². The number of nitrogens with zero attached hydrogens (tertiary/aromatic N) is 1. The Morgan fingerprint density at radius 1 is 1.24 bits per heavy atom. The van der Waals surface area contributed by atoms with E-state index in [0.29, 0.717) is 22.1 Å². The second kappa shape index (κ2) is 6.84. The first-order chi connectivity index (χ1) is 12.0. The molecule has 0 unspecified atom stereocenters. The molecule has 0 radical (unpaired) electrons. The summed E-state index contributed by atoms with van der Waals surface area (Å²) in [6.45, 7) is -0.242. The van der Waals surface area contributed by atoms with Gasteiger partial charge in [-0.2, -0.15) is 0 Å². The molecule has 0 aliphatic carbocycles. The van der Waals surface area contributed by atoms with Gasteiger partial charge in [0.1, 0.15) is 6.54 Å². The fraction of sp³-hybridized carbons (Fsp3) is 0.0588. The Labute approximate surface area is 148 Å². The number of ether oxygens (including phenoxy) is 1. The zero-order chi connectivity index (χ0) is 18.0. The fourth-order valence-electron chi connectivity index (χ4n) is 2.39. The van der Waals surface area contributed by atoms with E-state index in [1.807, 2.05) is 5.43 Å². The Balaban J connectivity index is 2.02. The van der Waals surface area contributed by atoms with E-state index in [-0.39, 0.29) is 12.3 Å². The van der Waals surface area contributed by atoms with Crippen molar-refractivity contribution in [1.29, 1.82) is 0 Å². The first kappa shape index (κ1) is 16.8. The van der Waals surface area contributed by atoms with Crippen LogP contribution in [0.2, 0.25) is 5.02 Å². The Morgan fingerprint density at radius 2 is 1.96 bits per heavy atom. The van der Waals surface area contributed by atoms with Crippen molar-refractivity contribution >= 4 is 40.9 Å². The van der Waals surface area contributed by atoms with Crippen LogP contribution in [0.5, 0.6) is 5.75 Å². The van der Waals surface area contributed by atoms with Gasteiger partial charge in [-0.15, -0.1) is 0 Å². The molecule has 1 heterocycles. The summed E-state index contributed by atoms with van der Waals surface area (Å²) >= 11 is 5.87. The molecule has 0 atom stereocenters. The normalized spacial score (nSPS) is 14.9. The number of benzene rings is 2. The molecule has 1 aliphatic heterocycles. The van der Waals surface area contributed by atoms with Gasteiger partial charge in [-0.1, -0.05) is 23.7 Å². The SMILES string of the molecule is NNC(=O)CN1C(=O)/C(=C\c2ccc(Cl)cc2)Oc2cc(N)ccc21. The molecule has 0 fully saturated rings. The predicted octanol–water partition coefficient (Wildman–Crippen LogP) is 1.68. The molecule has 8 heteroatoms. The fourth-order valence-corrected chi connectivity index (χ4v) is 2.51. The monoisotopic (exact) mass is 358 g/mol. The minimum Gasteiger partial charge on any atom is -0.449 e. The summed E-state index contributed by atoms with van der Waals surface area (Å²) in [5, 5.41) is 0.581. The van der Waals surface area contributed by atoms with Crippen molar-refractivity contribution in [3.8, 4) is 5.75 Å². The van der Waals surface area contributed by atoms with Gasteiger partial charge in [0.05, 0.1) is 5.69 Å². The van der Waals surface area contributed by atoms with Crippen LogP contribution in [0, 0.1) is 0 Å². The van der Waals surface area contributed by atoms with Crippen LogP contribution < -0.4 is 26.6 Å². The lowest BCUT2D eigenvalue weighted by Crippen LogP contribution is -2.45. The highest BCUT2D eigenvalue weighted by atomic mass is 35.5. The van der Waals surface area contributed by atoms with Crippen LogP contribution in [0.4, 0.5) is 11.4 Å². The first-order valence-electron chi connectivity index (χ1n) is 7.34. The molecule has 0 spiro atoms. The van der Waals surface area contributed by atoms with Crippen molar-refractivity contribution in [3.63, 3.8) is 0 Å². The van der Waals surface area contributed by atoms with Gasteiger partial charge in [0.25, 0.3) is 11.8 Å². The molecule has 0 bridgehead atoms. The molecule has 7 nitrogen and oxygen atoms in total. The van der Waals surface area contributed by atoms with Gasteiger partial charge >= 0.3 is 0 Å². The molecule has 5 N–H and O–H groups in total. The molecule has 2 aromatic carbocycles. The van der Waals surface area contributed by atoms with Crippen LogP contribution in [-0.2, 0) is 9.59 Å². The van der Waals surface area contributed by atoms with Crippen LogP contribution in [-0.4, -0.2) is 18.4 Å². The number of amides is 2. The number of carbonyl (C=O) groups is 2. The number of carbonyl (C=O) groups excluding carboxylic acids is 2. The Hall–Kier alpha value is -3.03. The van der Waals surface area contributed by atoms with Gasteiger partial charge in [-0.3, -0.25) is 19.9 Å². The number of hydrogen-bond acceptors (Lipinski definition) is 5. The van der Waals surface area contributed by atoms with E-state index in [0.717, 1.165) is 5.56 Å². The average molecular weight is 359 g/mol. The Morgan fingerprint density at radius 3 is 2.64 bits per heavy atom. The third kappa shape index (κ3) is 3.57. The smallest absolute Gasteiger partial charge is 0.294 e. The maximum atomic E-state index is 12.8. The van der Waals surface area contributed by atoms with Crippen molar-refractivity contribution in [2.45, 2.75) is 0 Å². The van der Waals surface area contributed by atoms with Crippen LogP contribution in [0.1, 0.15) is 5.56 Å². The standard InChI is InChI=1S/C17H15ClN4O3/c18-11-3-1-10(2-4-11)7-15-17(24)22(9-16(23)21-20)13-6-5-12(19)8-14(13)25-15/h1-8H,9,19-20H2,(H,21,23)/b15-7+. The average Bonchev–Trinajstić information content (AvgIpc) is 2.60. The van der Waals surface area contributed by atoms with Crippen LogP contribution in [0.25, 0.3) is 6.08 Å². The molecule has 2 aromatic rings. The highest BCUT2D eigenvalue weighted by Crippen LogP contribution is 2.37. The number of hydrazine groups is 1. The zero-order valence-corrected chi connectivity index (χ0v) is 13.8. The van der Waals surface area contributed by atoms with E-state index in [2.05, 4.69) is 0 Å². The molecule has 0 saturated carbocycles. The summed E-state index contributed by atoms with van der Waals surface area (Å²) < 4.78 is 5.70. The van der Waals surface area contributed by atoms with Crippen LogP contribution in [0.3, 0.4) is 0 Å². The number of anilines is 2. The number of halogens is 1. The quantitative estimate of drug-likeness (QED) is 0.254. The third-order valence-corrected chi connectivity index (χ3v) is 3.83. The second-order valence-corrected chi connectivity index (χ2v) is 5.78. The third-order valence-electron chi connectivity index (χ3n) is 3.58. The maximum Gasteiger partial charge on any atom is 0.294 e. The number of nitrogens with one attached hydrogen (secondary N) is 1. The molecule has 128 valence electrons. The minimum absolute atomic E-state index is 0.0604. The number of nitrogens with two attached hydrogens (primary N) is 2. The van der Waals surface area contributed by atoms with Crippen molar-refractivity contribution in [1.82, 2.24) is 5.43 Å². The molecular weight excluding hydrogens is 344 g/mol. The summed E-state index contributed by atoms with van der Waals surface area (Å²) in [6, 6.07) is 11.7. The minimum atomic E-state index is -0.510. The van der Waals surface area contributed by atoms with Gasteiger partial charge in [-0.05, 0) is 35.9 Å². The summed E-state index contributed by atoms with van der Waals surface area (Å²) in [6.07, 6.45) is 1.57. The topological polar surface area (TPSA) is 111 Å². The molecule has 3 rings (SSSR count). The molecule has 2 amide bonds. The first-order valence-corrected chi connectivity index (χ1v) is 7.71. The summed E-state index contributed by atoms with van der Waals surface area (Å²) in [5.74, 6) is 4.60. The van der Waals surface area contributed by atoms with Crippen molar-refractivity contribution in [3.05, 3.63) is 58.8 Å². The highest BCUT2D eigenvalue weighted by Gasteiger charge is 2.31. The maximum absolute atomic E-state index is 12.8. The molecule has 1 aliphatic rings. The van der Waals surface area contributed by atoms with Crippen LogP contribution in [0.15, 0.2) is 48.2 Å². The number of rotatable bonds is 3. The predicted molar refractivity (Wildman–Crippen MR) is 95.6 cm³/mol. The largest absolute Gasteiger partial charge is 0.449 e. The van der Waals surface area contributed by atoms with Gasteiger partial charge in [0.2, 0.25) is 0 Å². The van der Waals surface area contributed by atoms with Gasteiger partial charge in [-0.25, -0.2) is 5.84 Å². The van der Waals surface area contributed by atoms with E-state index < -0.39 is 11.8 Å². The van der Waals surface area contributed by atoms with Crippen molar-refractivity contribution in [2.24, 2.45) is 5.84 Å². The number of nitrogen functional groups attached to an aromatic ring is 1. The number of fused-ring (bicyclic) bond motifs is 1. The van der Waals surface area contributed by atoms with Gasteiger partial charge in [0.15, 0.2) is 11.5 Å². The van der Waals surface area contributed by atoms with Crippen LogP contribution >= 0.6 is 11.6 Å². The lowest BCUT2D eigenvalue weighted by atomic mass is 10.1. The molecule has 0 aromatic heterocycles. The van der Waals surface area contributed by atoms with Crippen molar-refractivity contribution < 1.29 is 14.3 Å². The van der Waals surface area contributed by atoms with Gasteiger partial charge < -0.3 is 10.5 Å². The summed E-state index contributed by atoms with van der Waals surface area (Å²) in [7, 11) is 0. The molecule has 25 heavy (non-hydrogen) atoms. The second-order valence-electron chi connectivity index (χ2n) is 5.35. The van der Waals surface area contributed by atoms with E-state index in [1.165, 1.54) is 4.90 Å². The zero-order valence-electron chi connectivity index (χ0n) is 13.0. The Bertz CT molecular complexity index is 865. The van der Waals surface area contributed by atoms with E-state index in [9.17, 15) is 9.59 Å². The lowest BCUT2D eigenvalue weighted by molar-refractivity contribution is -0.123. The van der Waals surface area contributed by atoms with Gasteiger partial charge in [0, 0.05) is 16.8 Å². The highest BCUT2D eigenvalue weighted by molar-refractivity contribution is 6.30. The van der Waals surface area contributed by atoms with E-state index in [1.54, 1.807) is 48.5 Å². The summed E-state index contributed by atoms with van der Waals surface area (Å²) in [4.78, 5) is 25.7. The molecule has 0 saturated heterocycles. The summed E-state index contributed by atoms with van der Waals surface area (Å²) in [5.41, 5.74) is 9.44. The number of hydrogen-bond donors (Lipinski definition) is 3. The van der Waals surface area contributed by atoms with E-state index >= 15 is 0 Å². The lowest BCUT2D eigenvalue weighted by Gasteiger charge is -2.30.